The van der Waals surface area contributed by atoms with Crippen LogP contribution >= 0.6 is 11.8 Å². The summed E-state index contributed by atoms with van der Waals surface area (Å²) in [5.41, 5.74) is 2.28. The van der Waals surface area contributed by atoms with Gasteiger partial charge in [-0.3, -0.25) is 4.79 Å². The molecule has 0 spiro atoms. The van der Waals surface area contributed by atoms with E-state index in [9.17, 15) is 4.79 Å². The van der Waals surface area contributed by atoms with Crippen LogP contribution in [-0.2, 0) is 10.2 Å². The molecule has 2 aromatic rings. The summed E-state index contributed by atoms with van der Waals surface area (Å²) in [5.74, 6) is 2.60. The average molecular weight is 414 g/mol. The lowest BCUT2D eigenvalue weighted by Gasteiger charge is -2.41. The van der Waals surface area contributed by atoms with Crippen molar-refractivity contribution in [1.82, 2.24) is 15.1 Å². The standard InChI is InChI=1S/C23H31N3O2S/c1-23(2,3)19-10-8-17(9-11-19)21-24-25-22(28-21)29-15-20(27)26-13-12-16-6-4-5-7-18(16)14-26/h8-11,16,18H,4-7,12-15H2,1-3H3/t16-,18+/m1/s1. The van der Waals surface area contributed by atoms with Gasteiger partial charge < -0.3 is 9.32 Å². The summed E-state index contributed by atoms with van der Waals surface area (Å²) in [5, 5.41) is 8.74. The lowest BCUT2D eigenvalue weighted by Crippen LogP contribution is -2.45. The molecule has 1 saturated carbocycles. The fraction of sp³-hybridized carbons (Fsp3) is 0.609. The maximum Gasteiger partial charge on any atom is 0.277 e. The molecular weight excluding hydrogens is 382 g/mol. The predicted molar refractivity (Wildman–Crippen MR) is 116 cm³/mol. The first-order valence-electron chi connectivity index (χ1n) is 10.7. The zero-order valence-corrected chi connectivity index (χ0v) is 18.5. The minimum atomic E-state index is 0.112. The molecule has 1 aromatic heterocycles. The van der Waals surface area contributed by atoms with Crippen molar-refractivity contribution in [2.24, 2.45) is 11.8 Å². The summed E-state index contributed by atoms with van der Waals surface area (Å²) in [4.78, 5) is 14.7. The Morgan fingerprint density at radius 3 is 2.55 bits per heavy atom. The highest BCUT2D eigenvalue weighted by Gasteiger charge is 2.32. The quantitative estimate of drug-likeness (QED) is 0.648. The van der Waals surface area contributed by atoms with E-state index in [1.54, 1.807) is 0 Å². The Morgan fingerprint density at radius 1 is 1.10 bits per heavy atom. The van der Waals surface area contributed by atoms with E-state index in [1.165, 1.54) is 43.0 Å². The molecule has 1 saturated heterocycles. The number of amides is 1. The zero-order chi connectivity index (χ0) is 20.4. The molecule has 1 amide bonds. The number of fused-ring (bicyclic) bond motifs is 1. The van der Waals surface area contributed by atoms with Crippen molar-refractivity contribution in [2.75, 3.05) is 18.8 Å². The molecule has 2 heterocycles. The van der Waals surface area contributed by atoms with E-state index in [0.29, 0.717) is 22.8 Å². The zero-order valence-electron chi connectivity index (χ0n) is 17.7. The first-order valence-corrected chi connectivity index (χ1v) is 11.7. The number of rotatable bonds is 4. The van der Waals surface area contributed by atoms with E-state index in [-0.39, 0.29) is 11.3 Å². The van der Waals surface area contributed by atoms with Crippen LogP contribution in [0.25, 0.3) is 11.5 Å². The topological polar surface area (TPSA) is 59.2 Å². The van der Waals surface area contributed by atoms with Crippen LogP contribution in [0.2, 0.25) is 0 Å². The smallest absolute Gasteiger partial charge is 0.277 e. The van der Waals surface area contributed by atoms with Gasteiger partial charge in [0, 0.05) is 18.7 Å². The number of aromatic nitrogens is 2. The van der Waals surface area contributed by atoms with Gasteiger partial charge in [-0.1, -0.05) is 63.9 Å². The fourth-order valence-corrected chi connectivity index (χ4v) is 5.21. The molecule has 0 unspecified atom stereocenters. The number of benzene rings is 1. The molecule has 0 N–H and O–H groups in total. The largest absolute Gasteiger partial charge is 0.411 e. The first kappa shape index (κ1) is 20.5. The van der Waals surface area contributed by atoms with Crippen molar-refractivity contribution in [3.8, 4) is 11.5 Å². The number of piperidine rings is 1. The molecule has 1 aliphatic heterocycles. The number of carbonyl (C=O) groups excluding carboxylic acids is 1. The first-order chi connectivity index (χ1) is 13.9. The van der Waals surface area contributed by atoms with Crippen molar-refractivity contribution in [3.05, 3.63) is 29.8 Å². The van der Waals surface area contributed by atoms with Gasteiger partial charge in [0.2, 0.25) is 11.8 Å². The second-order valence-electron chi connectivity index (χ2n) is 9.42. The molecule has 4 rings (SSSR count). The third-order valence-electron chi connectivity index (χ3n) is 6.37. The lowest BCUT2D eigenvalue weighted by atomic mass is 9.75. The molecule has 6 heteroatoms. The normalized spacial score (nSPS) is 22.4. The molecule has 0 bridgehead atoms. The van der Waals surface area contributed by atoms with Crippen LogP contribution in [-0.4, -0.2) is 39.8 Å². The summed E-state index contributed by atoms with van der Waals surface area (Å²) in [6.45, 7) is 8.40. The van der Waals surface area contributed by atoms with Gasteiger partial charge in [-0.2, -0.15) is 0 Å². The van der Waals surface area contributed by atoms with Gasteiger partial charge in [-0.25, -0.2) is 0 Å². The van der Waals surface area contributed by atoms with Crippen molar-refractivity contribution >= 4 is 17.7 Å². The van der Waals surface area contributed by atoms with E-state index < -0.39 is 0 Å². The van der Waals surface area contributed by atoms with Gasteiger partial charge in [-0.15, -0.1) is 10.2 Å². The number of carbonyl (C=O) groups is 1. The van der Waals surface area contributed by atoms with Gasteiger partial charge in [0.25, 0.3) is 5.22 Å². The Balaban J connectivity index is 1.32. The maximum absolute atomic E-state index is 12.7. The molecule has 2 atom stereocenters. The molecule has 1 aliphatic carbocycles. The molecule has 5 nitrogen and oxygen atoms in total. The van der Waals surface area contributed by atoms with Gasteiger partial charge in [0.1, 0.15) is 0 Å². The minimum Gasteiger partial charge on any atom is -0.411 e. The Morgan fingerprint density at radius 2 is 1.83 bits per heavy atom. The summed E-state index contributed by atoms with van der Waals surface area (Å²) in [6.07, 6.45) is 6.48. The van der Waals surface area contributed by atoms with Crippen LogP contribution in [0, 0.1) is 11.8 Å². The summed E-state index contributed by atoms with van der Waals surface area (Å²) < 4.78 is 5.79. The number of nitrogens with zero attached hydrogens (tertiary/aromatic N) is 3. The second kappa shape index (κ2) is 8.50. The molecule has 29 heavy (non-hydrogen) atoms. The molecule has 0 radical (unpaired) electrons. The van der Waals surface area contributed by atoms with Gasteiger partial charge in [0.05, 0.1) is 5.75 Å². The highest BCUT2D eigenvalue weighted by Crippen LogP contribution is 2.36. The Hall–Kier alpha value is -1.82. The monoisotopic (exact) mass is 413 g/mol. The van der Waals surface area contributed by atoms with Gasteiger partial charge in [0.15, 0.2) is 0 Å². The van der Waals surface area contributed by atoms with Crippen LogP contribution in [0.3, 0.4) is 0 Å². The van der Waals surface area contributed by atoms with Crippen LogP contribution in [0.15, 0.2) is 33.9 Å². The average Bonchev–Trinajstić information content (AvgIpc) is 3.20. The van der Waals surface area contributed by atoms with Crippen LogP contribution in [0.5, 0.6) is 0 Å². The van der Waals surface area contributed by atoms with Crippen molar-refractivity contribution in [2.45, 2.75) is 63.5 Å². The highest BCUT2D eigenvalue weighted by atomic mass is 32.2. The minimum absolute atomic E-state index is 0.112. The molecule has 156 valence electrons. The van der Waals surface area contributed by atoms with Crippen molar-refractivity contribution in [3.63, 3.8) is 0 Å². The summed E-state index contributed by atoms with van der Waals surface area (Å²) >= 11 is 1.34. The highest BCUT2D eigenvalue weighted by molar-refractivity contribution is 7.99. The van der Waals surface area contributed by atoms with Crippen molar-refractivity contribution in [1.29, 1.82) is 0 Å². The Bertz CT molecular complexity index is 841. The number of thioether (sulfide) groups is 1. The second-order valence-corrected chi connectivity index (χ2v) is 10.3. The van der Waals surface area contributed by atoms with Gasteiger partial charge in [-0.05, 0) is 47.8 Å². The molecule has 1 aromatic carbocycles. The maximum atomic E-state index is 12.7. The predicted octanol–water partition coefficient (Wildman–Crippen LogP) is 5.16. The van der Waals surface area contributed by atoms with E-state index in [0.717, 1.165) is 31.0 Å². The number of likely N-dealkylation sites (tertiary alicyclic amines) is 1. The summed E-state index contributed by atoms with van der Waals surface area (Å²) in [7, 11) is 0. The third kappa shape index (κ3) is 4.85. The Labute approximate surface area is 177 Å². The number of hydrogen-bond acceptors (Lipinski definition) is 5. The van der Waals surface area contributed by atoms with Crippen molar-refractivity contribution < 1.29 is 9.21 Å². The number of hydrogen-bond donors (Lipinski definition) is 0. The van der Waals surface area contributed by atoms with Crippen LogP contribution < -0.4 is 0 Å². The van der Waals surface area contributed by atoms with E-state index in [4.69, 9.17) is 4.42 Å². The van der Waals surface area contributed by atoms with E-state index >= 15 is 0 Å². The fourth-order valence-electron chi connectivity index (χ4n) is 4.54. The van der Waals surface area contributed by atoms with Gasteiger partial charge >= 0.3 is 0 Å². The SMILES string of the molecule is CC(C)(C)c1ccc(-c2nnc(SCC(=O)N3CC[C@H]4CCCC[C@H]4C3)o2)cc1. The Kier molecular flexibility index (Phi) is 6.00. The van der Waals surface area contributed by atoms with Crippen LogP contribution in [0.4, 0.5) is 0 Å². The van der Waals surface area contributed by atoms with Crippen LogP contribution in [0.1, 0.15) is 58.4 Å². The lowest BCUT2D eigenvalue weighted by molar-refractivity contribution is -0.131. The molecule has 2 fully saturated rings. The summed E-state index contributed by atoms with van der Waals surface area (Å²) in [6, 6.07) is 8.24. The molecular formula is C23H31N3O2S. The third-order valence-corrected chi connectivity index (χ3v) is 7.17. The van der Waals surface area contributed by atoms with E-state index in [1.807, 2.05) is 17.0 Å². The van der Waals surface area contributed by atoms with E-state index in [2.05, 4.69) is 43.1 Å². The molecule has 2 aliphatic rings.